The maximum absolute atomic E-state index is 6.52. The van der Waals surface area contributed by atoms with Gasteiger partial charge in [0.1, 0.15) is 5.52 Å². The molecule has 9 aromatic carbocycles. The van der Waals surface area contributed by atoms with E-state index < -0.39 is 0 Å². The molecule has 0 aliphatic carbocycles. The number of oxazole rings is 1. The van der Waals surface area contributed by atoms with Crippen LogP contribution in [0, 0.1) is 0 Å². The third-order valence-electron chi connectivity index (χ3n) is 10.7. The van der Waals surface area contributed by atoms with E-state index in [9.17, 15) is 0 Å². The highest BCUT2D eigenvalue weighted by Gasteiger charge is 2.21. The van der Waals surface area contributed by atoms with Crippen LogP contribution in [0.4, 0.5) is 34.1 Å². The summed E-state index contributed by atoms with van der Waals surface area (Å²) in [5.74, 6) is 0.575. The molecular weight excluding hydrogens is 719 g/mol. The first-order chi connectivity index (χ1) is 29.3. The number of rotatable bonds is 10. The van der Waals surface area contributed by atoms with E-state index in [2.05, 4.69) is 228 Å². The summed E-state index contributed by atoms with van der Waals surface area (Å²) in [4.78, 5) is 9.51. The van der Waals surface area contributed by atoms with Gasteiger partial charge in [0.2, 0.25) is 5.89 Å². The Bertz CT molecular complexity index is 2850. The number of para-hydroxylation sites is 3. The van der Waals surface area contributed by atoms with Crippen molar-refractivity contribution in [2.24, 2.45) is 0 Å². The van der Waals surface area contributed by atoms with E-state index >= 15 is 0 Å². The average molecular weight is 758 g/mol. The van der Waals surface area contributed by atoms with Crippen LogP contribution in [0.25, 0.3) is 55.9 Å². The lowest BCUT2D eigenvalue weighted by Crippen LogP contribution is -2.10. The number of hydrogen-bond acceptors (Lipinski definition) is 4. The first-order valence-corrected chi connectivity index (χ1v) is 19.9. The Morgan fingerprint density at radius 3 is 1.17 bits per heavy atom. The minimum Gasteiger partial charge on any atom is -0.436 e. The molecule has 0 amide bonds. The normalized spacial score (nSPS) is 11.1. The number of anilines is 6. The molecule has 0 bridgehead atoms. The van der Waals surface area contributed by atoms with Crippen LogP contribution in [0.2, 0.25) is 0 Å². The van der Waals surface area contributed by atoms with Crippen LogP contribution in [0.5, 0.6) is 0 Å². The van der Waals surface area contributed by atoms with Crippen LogP contribution in [-0.2, 0) is 0 Å². The fourth-order valence-electron chi connectivity index (χ4n) is 7.92. The fraction of sp³-hybridized carbons (Fsp3) is 0. The van der Waals surface area contributed by atoms with Crippen molar-refractivity contribution in [3.63, 3.8) is 0 Å². The highest BCUT2D eigenvalue weighted by Crippen LogP contribution is 2.46. The van der Waals surface area contributed by atoms with E-state index in [1.54, 1.807) is 0 Å². The second kappa shape index (κ2) is 15.9. The summed E-state index contributed by atoms with van der Waals surface area (Å²) in [7, 11) is 0. The van der Waals surface area contributed by atoms with Gasteiger partial charge in [0.25, 0.3) is 0 Å². The standard InChI is InChI=1S/C55H39N3O/c1-7-19-40(20-8-1)50-37-49(38-51(41-21-9-2-10-22-41)54(50)42-23-11-3-12-24-42)58(46-29-17-6-18-30-46)47-33-31-43(32-34-47)55-56-52-36-35-48(39-53(52)59-55)57(44-25-13-4-14-26-44)45-27-15-5-16-28-45/h1-39H. The van der Waals surface area contributed by atoms with Gasteiger partial charge in [0.15, 0.2) is 5.58 Å². The molecule has 0 aliphatic rings. The summed E-state index contributed by atoms with van der Waals surface area (Å²) in [6.45, 7) is 0. The largest absolute Gasteiger partial charge is 0.436 e. The van der Waals surface area contributed by atoms with Crippen molar-refractivity contribution < 1.29 is 4.42 Å². The maximum Gasteiger partial charge on any atom is 0.227 e. The lowest BCUT2D eigenvalue weighted by atomic mass is 9.86. The number of nitrogens with zero attached hydrogens (tertiary/aromatic N) is 3. The summed E-state index contributed by atoms with van der Waals surface area (Å²) in [5.41, 5.74) is 15.7. The smallest absolute Gasteiger partial charge is 0.227 e. The molecule has 0 fully saturated rings. The molecule has 0 unspecified atom stereocenters. The highest BCUT2D eigenvalue weighted by molar-refractivity contribution is 5.98. The third kappa shape index (κ3) is 7.16. The summed E-state index contributed by atoms with van der Waals surface area (Å²) >= 11 is 0. The van der Waals surface area contributed by atoms with Gasteiger partial charge >= 0.3 is 0 Å². The summed E-state index contributed by atoms with van der Waals surface area (Å²) in [6, 6.07) is 82.9. The molecular formula is C55H39N3O. The van der Waals surface area contributed by atoms with Crippen LogP contribution in [-0.4, -0.2) is 4.98 Å². The Hall–Kier alpha value is -7.95. The molecule has 10 aromatic rings. The molecule has 0 radical (unpaired) electrons. The number of hydrogen-bond donors (Lipinski definition) is 0. The second-order valence-electron chi connectivity index (χ2n) is 14.4. The van der Waals surface area contributed by atoms with Crippen molar-refractivity contribution in [3.8, 4) is 44.8 Å². The lowest BCUT2D eigenvalue weighted by Gasteiger charge is -2.28. The van der Waals surface area contributed by atoms with Crippen molar-refractivity contribution >= 4 is 45.2 Å². The van der Waals surface area contributed by atoms with Gasteiger partial charge < -0.3 is 14.2 Å². The molecule has 4 heteroatoms. The first-order valence-electron chi connectivity index (χ1n) is 19.9. The Morgan fingerprint density at radius 1 is 0.305 bits per heavy atom. The molecule has 0 saturated heterocycles. The molecule has 59 heavy (non-hydrogen) atoms. The van der Waals surface area contributed by atoms with Crippen LogP contribution in [0.15, 0.2) is 241 Å². The first kappa shape index (κ1) is 35.5. The number of aromatic nitrogens is 1. The van der Waals surface area contributed by atoms with Crippen molar-refractivity contribution in [2.45, 2.75) is 0 Å². The lowest BCUT2D eigenvalue weighted by molar-refractivity contribution is 0.620. The third-order valence-corrected chi connectivity index (χ3v) is 10.7. The Morgan fingerprint density at radius 2 is 0.695 bits per heavy atom. The van der Waals surface area contributed by atoms with E-state index in [0.29, 0.717) is 5.89 Å². The molecule has 0 atom stereocenters. The average Bonchev–Trinajstić information content (AvgIpc) is 3.75. The predicted octanol–water partition coefficient (Wildman–Crippen LogP) is 15.4. The fourth-order valence-corrected chi connectivity index (χ4v) is 7.92. The SMILES string of the molecule is c1ccc(-c2cc(N(c3ccccc3)c3ccc(-c4nc5ccc(N(c6ccccc6)c6ccccc6)cc5o4)cc3)cc(-c3ccccc3)c2-c2ccccc2)cc1. The molecule has 280 valence electrons. The monoisotopic (exact) mass is 757 g/mol. The zero-order valence-electron chi connectivity index (χ0n) is 32.3. The van der Waals surface area contributed by atoms with Crippen LogP contribution < -0.4 is 9.80 Å². The Kier molecular flexibility index (Phi) is 9.55. The maximum atomic E-state index is 6.52. The van der Waals surface area contributed by atoms with Gasteiger partial charge in [-0.1, -0.05) is 146 Å². The van der Waals surface area contributed by atoms with Gasteiger partial charge in [-0.3, -0.25) is 0 Å². The minimum absolute atomic E-state index is 0.575. The minimum atomic E-state index is 0.575. The van der Waals surface area contributed by atoms with E-state index in [1.807, 2.05) is 18.2 Å². The van der Waals surface area contributed by atoms with Crippen LogP contribution in [0.1, 0.15) is 0 Å². The highest BCUT2D eigenvalue weighted by atomic mass is 16.3. The van der Waals surface area contributed by atoms with Crippen molar-refractivity contribution in [1.29, 1.82) is 0 Å². The molecule has 0 N–H and O–H groups in total. The summed E-state index contributed by atoms with van der Waals surface area (Å²) in [5, 5.41) is 0. The van der Waals surface area contributed by atoms with E-state index in [0.717, 1.165) is 73.0 Å². The molecule has 0 saturated carbocycles. The number of benzene rings is 9. The van der Waals surface area contributed by atoms with Crippen LogP contribution >= 0.6 is 0 Å². The van der Waals surface area contributed by atoms with Gasteiger partial charge in [-0.25, -0.2) is 4.98 Å². The molecule has 0 spiro atoms. The number of fused-ring (bicyclic) bond motifs is 1. The van der Waals surface area contributed by atoms with E-state index in [4.69, 9.17) is 9.40 Å². The van der Waals surface area contributed by atoms with Crippen molar-refractivity contribution in [2.75, 3.05) is 9.80 Å². The predicted molar refractivity (Wildman–Crippen MR) is 245 cm³/mol. The molecule has 4 nitrogen and oxygen atoms in total. The van der Waals surface area contributed by atoms with Crippen LogP contribution in [0.3, 0.4) is 0 Å². The molecule has 1 heterocycles. The van der Waals surface area contributed by atoms with Crippen molar-refractivity contribution in [1.82, 2.24) is 4.98 Å². The van der Waals surface area contributed by atoms with Crippen molar-refractivity contribution in [3.05, 3.63) is 237 Å². The van der Waals surface area contributed by atoms with Gasteiger partial charge in [-0.15, -0.1) is 0 Å². The summed E-state index contributed by atoms with van der Waals surface area (Å²) in [6.07, 6.45) is 0. The van der Waals surface area contributed by atoms with Gasteiger partial charge in [-0.05, 0) is 118 Å². The Labute approximate surface area is 344 Å². The molecule has 0 aliphatic heterocycles. The molecule has 1 aromatic heterocycles. The summed E-state index contributed by atoms with van der Waals surface area (Å²) < 4.78 is 6.52. The second-order valence-corrected chi connectivity index (χ2v) is 14.4. The van der Waals surface area contributed by atoms with Gasteiger partial charge in [-0.2, -0.15) is 0 Å². The van der Waals surface area contributed by atoms with Gasteiger partial charge in [0.05, 0.1) is 0 Å². The van der Waals surface area contributed by atoms with E-state index in [1.165, 1.54) is 11.1 Å². The Balaban J connectivity index is 1.07. The topological polar surface area (TPSA) is 32.5 Å². The van der Waals surface area contributed by atoms with E-state index in [-0.39, 0.29) is 0 Å². The van der Waals surface area contributed by atoms with Gasteiger partial charge in [0, 0.05) is 45.8 Å². The zero-order chi connectivity index (χ0) is 39.4. The quantitative estimate of drug-likeness (QED) is 0.139. The molecule has 10 rings (SSSR count). The zero-order valence-corrected chi connectivity index (χ0v) is 32.3.